The highest BCUT2D eigenvalue weighted by molar-refractivity contribution is 6.00. The van der Waals surface area contributed by atoms with Crippen molar-refractivity contribution in [3.63, 3.8) is 0 Å². The Bertz CT molecular complexity index is 2530. The van der Waals surface area contributed by atoms with Crippen molar-refractivity contribution in [2.75, 3.05) is 85.0 Å². The number of carbonyl (C=O) groups excluding carboxylic acids is 4. The zero-order valence-corrected chi connectivity index (χ0v) is 46.2. The largest absolute Gasteiger partial charge is 0.480 e. The number of hydrogen-bond acceptors (Lipinski definition) is 17. The van der Waals surface area contributed by atoms with Gasteiger partial charge < -0.3 is 54.9 Å². The molecule has 0 bridgehead atoms. The summed E-state index contributed by atoms with van der Waals surface area (Å²) in [5.41, 5.74) is 1.14. The molecule has 76 heavy (non-hydrogen) atoms. The Balaban J connectivity index is 0.000000401. The van der Waals surface area contributed by atoms with Crippen LogP contribution in [-0.4, -0.2) is 155 Å². The van der Waals surface area contributed by atoms with Crippen molar-refractivity contribution in [2.24, 2.45) is 0 Å². The van der Waals surface area contributed by atoms with Gasteiger partial charge in [0.25, 0.3) is 0 Å². The summed E-state index contributed by atoms with van der Waals surface area (Å²) in [4.78, 5) is 86.0. The van der Waals surface area contributed by atoms with Crippen LogP contribution in [0.5, 0.6) is 11.5 Å². The molecule has 0 saturated carbocycles. The van der Waals surface area contributed by atoms with Crippen LogP contribution in [0.4, 0.5) is 57.7 Å². The number of aromatic nitrogens is 4. The number of rotatable bonds is 22. The van der Waals surface area contributed by atoms with Crippen LogP contribution in [0.15, 0.2) is 60.9 Å². The Kier molecular flexibility index (Phi) is 23.3. The summed E-state index contributed by atoms with van der Waals surface area (Å²) in [7, 11) is 6.29. The highest BCUT2D eigenvalue weighted by atomic mass is 19.4. The second-order valence-electron chi connectivity index (χ2n) is 19.2. The molecule has 2 atom stereocenters. The molecule has 24 heteroatoms. The first-order chi connectivity index (χ1) is 35.5. The lowest BCUT2D eigenvalue weighted by Crippen LogP contribution is -2.46. The molecule has 0 unspecified atom stereocenters. The number of hydrogen-bond donors (Lipinski definition) is 4. The normalized spacial score (nSPS) is 12.1. The number of carbonyl (C=O) groups is 5. The maximum absolute atomic E-state index is 13.4. The fourth-order valence-electron chi connectivity index (χ4n) is 6.96. The molecule has 4 aromatic rings. The van der Waals surface area contributed by atoms with Gasteiger partial charge in [-0.25, -0.2) is 29.1 Å². The molecule has 2 aromatic heterocycles. The van der Waals surface area contributed by atoms with Gasteiger partial charge in [0.05, 0.1) is 18.1 Å². The van der Waals surface area contributed by atoms with E-state index in [1.807, 2.05) is 79.3 Å². The number of nitrogens with one attached hydrogen (secondary N) is 3. The van der Waals surface area contributed by atoms with E-state index in [1.165, 1.54) is 49.9 Å². The molecule has 0 aliphatic rings. The minimum absolute atomic E-state index is 0.101. The molecule has 3 amide bonds. The van der Waals surface area contributed by atoms with E-state index in [0.717, 1.165) is 24.8 Å². The number of alkyl halides is 3. The number of amides is 3. The van der Waals surface area contributed by atoms with Crippen molar-refractivity contribution >= 4 is 64.9 Å². The Morgan fingerprint density at radius 3 is 1.43 bits per heavy atom. The zero-order chi connectivity index (χ0) is 57.2. The lowest BCUT2D eigenvalue weighted by atomic mass is 10.0. The van der Waals surface area contributed by atoms with Gasteiger partial charge in [0, 0.05) is 79.3 Å². The van der Waals surface area contributed by atoms with Crippen LogP contribution in [0.1, 0.15) is 87.3 Å². The number of nitrogens with zero attached hydrogens (tertiary/aromatic N) is 9. The highest BCUT2D eigenvalue weighted by Gasteiger charge is 2.45. The second-order valence-corrected chi connectivity index (χ2v) is 19.2. The summed E-state index contributed by atoms with van der Waals surface area (Å²) in [5, 5.41) is 19.3. The number of ether oxygens (including phenoxy) is 3. The number of carboxylic acid groups (broad SMARTS) is 1. The molecule has 0 spiro atoms. The molecule has 2 heterocycles. The Labute approximate surface area is 443 Å². The summed E-state index contributed by atoms with van der Waals surface area (Å²) in [6.07, 6.45) is -3.17. The number of esters is 1. The highest BCUT2D eigenvalue weighted by Crippen LogP contribution is 2.33. The van der Waals surface area contributed by atoms with Crippen molar-refractivity contribution in [1.82, 2.24) is 29.7 Å². The van der Waals surface area contributed by atoms with Crippen LogP contribution in [0.2, 0.25) is 0 Å². The maximum Gasteiger partial charge on any atom is 0.471 e. The molecule has 418 valence electrons. The van der Waals surface area contributed by atoms with Gasteiger partial charge in [0.1, 0.15) is 34.9 Å². The minimum Gasteiger partial charge on any atom is -0.480 e. The fourth-order valence-corrected chi connectivity index (χ4v) is 6.96. The molecule has 2 aromatic carbocycles. The van der Waals surface area contributed by atoms with Crippen molar-refractivity contribution in [3.05, 3.63) is 72.1 Å². The van der Waals surface area contributed by atoms with E-state index in [1.54, 1.807) is 49.5 Å². The van der Waals surface area contributed by atoms with Crippen molar-refractivity contribution in [2.45, 2.75) is 125 Å². The van der Waals surface area contributed by atoms with Gasteiger partial charge in [-0.05, 0) is 112 Å². The minimum atomic E-state index is -5.18. The summed E-state index contributed by atoms with van der Waals surface area (Å²) in [5.74, 6) is -2.12. The van der Waals surface area contributed by atoms with Crippen LogP contribution in [0.25, 0.3) is 0 Å². The van der Waals surface area contributed by atoms with E-state index in [2.05, 4.69) is 30.9 Å². The Hall–Kier alpha value is -7.66. The summed E-state index contributed by atoms with van der Waals surface area (Å²) >= 11 is 0. The number of carboxylic acids is 1. The molecular weight excluding hydrogens is 994 g/mol. The average molecular weight is 1070 g/mol. The van der Waals surface area contributed by atoms with E-state index in [9.17, 15) is 42.3 Å². The molecule has 21 nitrogen and oxygen atoms in total. The van der Waals surface area contributed by atoms with Crippen LogP contribution < -0.4 is 40.1 Å². The molecular formula is C52H75F3N12O9. The summed E-state index contributed by atoms with van der Waals surface area (Å²) in [6.45, 7) is 22.6. The molecule has 0 aliphatic heterocycles. The van der Waals surface area contributed by atoms with Gasteiger partial charge in [-0.15, -0.1) is 0 Å². The van der Waals surface area contributed by atoms with Gasteiger partial charge in [-0.1, -0.05) is 24.3 Å². The van der Waals surface area contributed by atoms with Gasteiger partial charge >= 0.3 is 36.2 Å². The maximum atomic E-state index is 13.4. The van der Waals surface area contributed by atoms with Gasteiger partial charge in [-0.3, -0.25) is 9.69 Å². The first kappa shape index (κ1) is 62.6. The van der Waals surface area contributed by atoms with Crippen molar-refractivity contribution < 1.29 is 56.5 Å². The number of anilines is 6. The van der Waals surface area contributed by atoms with Gasteiger partial charge in [-0.2, -0.15) is 23.1 Å². The van der Waals surface area contributed by atoms with E-state index in [0.29, 0.717) is 53.2 Å². The fraction of sp³-hybridized carbons (Fsp3) is 0.519. The Morgan fingerprint density at radius 1 is 0.632 bits per heavy atom. The third-order valence-electron chi connectivity index (χ3n) is 10.8. The predicted molar refractivity (Wildman–Crippen MR) is 287 cm³/mol. The molecule has 0 saturated heterocycles. The van der Waals surface area contributed by atoms with Crippen molar-refractivity contribution in [3.8, 4) is 11.5 Å². The molecule has 4 rings (SSSR count). The van der Waals surface area contributed by atoms with Gasteiger partial charge in [0.15, 0.2) is 11.6 Å². The lowest BCUT2D eigenvalue weighted by molar-refractivity contribution is -0.170. The lowest BCUT2D eigenvalue weighted by Gasteiger charge is -2.30. The molecule has 0 radical (unpaired) electrons. The topological polar surface area (TPSA) is 237 Å². The van der Waals surface area contributed by atoms with E-state index < -0.39 is 59.9 Å². The van der Waals surface area contributed by atoms with Crippen LogP contribution in [0, 0.1) is 0 Å². The standard InChI is InChI=1S/C27H42N6O4.C25H33F3N6O5/c1-10-33(11-2)25-28-17-22(29-18(3)4)23(31-25)30-21(24(34)37-27(5,6)7)16-19-12-14-20(15-13-19)36-26(35)32(8)9;1-7-33(8-2)23-29-14-19(34(15(3)4)22(37)25(26,27)28)20(31-23)30-18(21(35)36)13-16-9-11-17(12-10-16)39-24(38)32(5)6/h12-15,17-18,21,29H,10-11,16H2,1-9H3,(H,28,30,31);9-12,14-15,18H,7-8,13H2,1-6H3,(H,35,36)(H,29,30,31)/t21-;18-/m00/s1. The SMILES string of the molecule is CCN(CC)c1ncc(N(C(=O)C(F)(F)F)C(C)C)c(N[C@@H](Cc2ccc(OC(=O)N(C)C)cc2)C(=O)O)n1.CCN(CC)c1ncc(NC(C)C)c(N[C@@H](Cc2ccc(OC(=O)N(C)C)cc2)C(=O)OC(C)(C)C)n1. The van der Waals surface area contributed by atoms with Crippen molar-refractivity contribution in [1.29, 1.82) is 0 Å². The average Bonchev–Trinajstić information content (AvgIpc) is 3.33. The molecule has 0 fully saturated rings. The third-order valence-corrected chi connectivity index (χ3v) is 10.8. The monoisotopic (exact) mass is 1070 g/mol. The Morgan fingerprint density at radius 2 is 1.05 bits per heavy atom. The quantitative estimate of drug-likeness (QED) is 0.0541. The van der Waals surface area contributed by atoms with Gasteiger partial charge in [0.2, 0.25) is 11.9 Å². The third kappa shape index (κ3) is 19.2. The number of halogens is 3. The van der Waals surface area contributed by atoms with Crippen LogP contribution in [-0.2, 0) is 32.0 Å². The van der Waals surface area contributed by atoms with E-state index in [-0.39, 0.29) is 35.7 Å². The predicted octanol–water partition coefficient (Wildman–Crippen LogP) is 8.36. The van der Waals surface area contributed by atoms with Crippen LogP contribution in [0.3, 0.4) is 0 Å². The zero-order valence-electron chi connectivity index (χ0n) is 46.2. The van der Waals surface area contributed by atoms with E-state index >= 15 is 0 Å². The van der Waals surface area contributed by atoms with E-state index in [4.69, 9.17) is 19.2 Å². The molecule has 4 N–H and O–H groups in total. The molecule has 0 aliphatic carbocycles. The number of aliphatic carboxylic acids is 1. The number of benzene rings is 2. The summed E-state index contributed by atoms with van der Waals surface area (Å²) < 4.78 is 56.5. The second kappa shape index (κ2) is 28.3. The first-order valence-corrected chi connectivity index (χ1v) is 24.9. The summed E-state index contributed by atoms with van der Waals surface area (Å²) in [6, 6.07) is 10.3. The smallest absolute Gasteiger partial charge is 0.471 e. The first-order valence-electron chi connectivity index (χ1n) is 24.9. The van der Waals surface area contributed by atoms with Crippen LogP contribution >= 0.6 is 0 Å².